The summed E-state index contributed by atoms with van der Waals surface area (Å²) in [6.07, 6.45) is 1.26. The fourth-order valence-corrected chi connectivity index (χ4v) is 2.82. The maximum absolute atomic E-state index is 2.50. The molecule has 1 fully saturated rings. The van der Waals surface area contributed by atoms with Crippen molar-refractivity contribution < 1.29 is 0 Å². The number of anilines is 1. The lowest BCUT2D eigenvalue weighted by atomic mass is 10.2. The first kappa shape index (κ1) is 12.9. The number of rotatable bonds is 1. The Balaban J connectivity index is 2.13. The van der Waals surface area contributed by atoms with E-state index in [0.29, 0.717) is 0 Å². The van der Waals surface area contributed by atoms with E-state index in [4.69, 9.17) is 0 Å². The second-order valence-corrected chi connectivity index (χ2v) is 6.57. The first-order chi connectivity index (χ1) is 7.66. The van der Waals surface area contributed by atoms with Crippen LogP contribution >= 0.6 is 45.2 Å². The summed E-state index contributed by atoms with van der Waals surface area (Å²) >= 11 is 4.80. The van der Waals surface area contributed by atoms with Crippen LogP contribution < -0.4 is 4.90 Å². The molecule has 16 heavy (non-hydrogen) atoms. The molecule has 0 atom stereocenters. The molecule has 88 valence electrons. The number of halogens is 2. The highest BCUT2D eigenvalue weighted by Gasteiger charge is 2.13. The molecule has 0 saturated carbocycles. The van der Waals surface area contributed by atoms with Crippen LogP contribution in [0.3, 0.4) is 0 Å². The lowest BCUT2D eigenvalue weighted by molar-refractivity contribution is 0.360. The predicted octanol–water partition coefficient (Wildman–Crippen LogP) is 3.04. The van der Waals surface area contributed by atoms with Gasteiger partial charge in [-0.05, 0) is 83.4 Å². The quantitative estimate of drug-likeness (QED) is 0.618. The molecule has 1 aromatic carbocycles. The molecule has 4 heteroatoms. The average molecular weight is 442 g/mol. The Labute approximate surface area is 125 Å². The molecule has 2 rings (SSSR count). The third kappa shape index (κ3) is 3.22. The van der Waals surface area contributed by atoms with Crippen molar-refractivity contribution in [3.05, 3.63) is 25.3 Å². The fraction of sp³-hybridized carbons (Fsp3) is 0.500. The van der Waals surface area contributed by atoms with Gasteiger partial charge in [0.25, 0.3) is 0 Å². The molecule has 0 amide bonds. The van der Waals surface area contributed by atoms with E-state index >= 15 is 0 Å². The number of likely N-dealkylation sites (N-methyl/N-ethyl adjacent to an activating group) is 1. The zero-order chi connectivity index (χ0) is 11.5. The lowest BCUT2D eigenvalue weighted by Crippen LogP contribution is -2.28. The first-order valence-electron chi connectivity index (χ1n) is 5.55. The van der Waals surface area contributed by atoms with E-state index in [1.165, 1.54) is 38.9 Å². The van der Waals surface area contributed by atoms with Crippen molar-refractivity contribution in [3.63, 3.8) is 0 Å². The molecule has 1 heterocycles. The van der Waals surface area contributed by atoms with Gasteiger partial charge < -0.3 is 9.80 Å². The summed E-state index contributed by atoms with van der Waals surface area (Å²) in [5, 5.41) is 0. The van der Waals surface area contributed by atoms with E-state index in [2.05, 4.69) is 80.2 Å². The summed E-state index contributed by atoms with van der Waals surface area (Å²) in [5.74, 6) is 0. The highest BCUT2D eigenvalue weighted by atomic mass is 127. The highest BCUT2D eigenvalue weighted by molar-refractivity contribution is 14.1. The number of nitrogens with zero attached hydrogens (tertiary/aromatic N) is 2. The van der Waals surface area contributed by atoms with Crippen LogP contribution in [-0.2, 0) is 0 Å². The second kappa shape index (κ2) is 5.86. The van der Waals surface area contributed by atoms with Crippen molar-refractivity contribution in [2.24, 2.45) is 0 Å². The maximum Gasteiger partial charge on any atom is 0.0378 e. The molecular formula is C12H16I2N2. The summed E-state index contributed by atoms with van der Waals surface area (Å²) in [6, 6.07) is 6.76. The van der Waals surface area contributed by atoms with Gasteiger partial charge in [0, 0.05) is 32.5 Å². The summed E-state index contributed by atoms with van der Waals surface area (Å²) < 4.78 is 2.70. The monoisotopic (exact) mass is 442 g/mol. The maximum atomic E-state index is 2.50. The smallest absolute Gasteiger partial charge is 0.0378 e. The van der Waals surface area contributed by atoms with Gasteiger partial charge in [-0.1, -0.05) is 0 Å². The normalized spacial score (nSPS) is 18.6. The largest absolute Gasteiger partial charge is 0.370 e. The molecule has 0 spiro atoms. The Bertz CT molecular complexity index is 368. The van der Waals surface area contributed by atoms with E-state index in [-0.39, 0.29) is 0 Å². The lowest BCUT2D eigenvalue weighted by Gasteiger charge is -2.23. The van der Waals surface area contributed by atoms with Crippen LogP contribution in [0, 0.1) is 7.14 Å². The van der Waals surface area contributed by atoms with Gasteiger partial charge in [-0.3, -0.25) is 0 Å². The summed E-state index contributed by atoms with van der Waals surface area (Å²) in [4.78, 5) is 4.92. The van der Waals surface area contributed by atoms with Crippen LogP contribution in [0.15, 0.2) is 18.2 Å². The molecule has 0 radical (unpaired) electrons. The minimum atomic E-state index is 1.15. The Morgan fingerprint density at radius 3 is 2.56 bits per heavy atom. The molecule has 0 bridgehead atoms. The van der Waals surface area contributed by atoms with Gasteiger partial charge >= 0.3 is 0 Å². The molecule has 2 nitrogen and oxygen atoms in total. The molecule has 0 unspecified atom stereocenters. The van der Waals surface area contributed by atoms with Crippen LogP contribution in [0.4, 0.5) is 5.69 Å². The predicted molar refractivity (Wildman–Crippen MR) is 86.2 cm³/mol. The van der Waals surface area contributed by atoms with E-state index in [1.807, 2.05) is 0 Å². The van der Waals surface area contributed by atoms with E-state index in [0.717, 1.165) is 6.54 Å². The Morgan fingerprint density at radius 1 is 1.00 bits per heavy atom. The van der Waals surface area contributed by atoms with E-state index in [9.17, 15) is 0 Å². The van der Waals surface area contributed by atoms with Crippen molar-refractivity contribution in [2.45, 2.75) is 6.42 Å². The zero-order valence-corrected chi connectivity index (χ0v) is 13.7. The molecule has 0 N–H and O–H groups in total. The molecular weight excluding hydrogens is 426 g/mol. The van der Waals surface area contributed by atoms with Gasteiger partial charge in [0.2, 0.25) is 0 Å². The summed E-state index contributed by atoms with van der Waals surface area (Å²) in [6.45, 7) is 4.72. The molecule has 1 aliphatic rings. The van der Waals surface area contributed by atoms with Crippen molar-refractivity contribution in [1.82, 2.24) is 4.90 Å². The van der Waals surface area contributed by atoms with Crippen LogP contribution in [-0.4, -0.2) is 38.1 Å². The summed E-state index contributed by atoms with van der Waals surface area (Å²) in [5.41, 5.74) is 1.38. The Hall–Kier alpha value is 0.440. The van der Waals surface area contributed by atoms with Crippen molar-refractivity contribution in [2.75, 3.05) is 38.1 Å². The Kier molecular flexibility index (Phi) is 4.72. The molecule has 1 aliphatic heterocycles. The van der Waals surface area contributed by atoms with E-state index < -0.39 is 0 Å². The van der Waals surface area contributed by atoms with Gasteiger partial charge in [-0.25, -0.2) is 0 Å². The molecule has 0 aromatic heterocycles. The van der Waals surface area contributed by atoms with Crippen LogP contribution in [0.5, 0.6) is 0 Å². The fourth-order valence-electron chi connectivity index (χ4n) is 1.99. The van der Waals surface area contributed by atoms with Crippen LogP contribution in [0.25, 0.3) is 0 Å². The van der Waals surface area contributed by atoms with Gasteiger partial charge in [-0.15, -0.1) is 0 Å². The topological polar surface area (TPSA) is 6.48 Å². The second-order valence-electron chi connectivity index (χ2n) is 4.24. The minimum absolute atomic E-state index is 1.15. The van der Waals surface area contributed by atoms with Crippen LogP contribution in [0.2, 0.25) is 0 Å². The SMILES string of the molecule is CN1CCCN(c2ccc(I)c(I)c2)CC1. The number of hydrogen-bond donors (Lipinski definition) is 0. The molecule has 1 saturated heterocycles. The van der Waals surface area contributed by atoms with Crippen molar-refractivity contribution in [3.8, 4) is 0 Å². The third-order valence-corrected chi connectivity index (χ3v) is 5.85. The van der Waals surface area contributed by atoms with Gasteiger partial charge in [0.1, 0.15) is 0 Å². The minimum Gasteiger partial charge on any atom is -0.370 e. The van der Waals surface area contributed by atoms with Crippen molar-refractivity contribution >= 4 is 50.9 Å². The average Bonchev–Trinajstić information content (AvgIpc) is 2.47. The first-order valence-corrected chi connectivity index (χ1v) is 7.71. The standard InChI is InChI=1S/C12H16I2N2/c1-15-5-2-6-16(8-7-15)10-3-4-11(13)12(14)9-10/h3-4,9H,2,5-8H2,1H3. The van der Waals surface area contributed by atoms with Gasteiger partial charge in [-0.2, -0.15) is 0 Å². The van der Waals surface area contributed by atoms with Crippen LogP contribution in [0.1, 0.15) is 6.42 Å². The number of hydrogen-bond acceptors (Lipinski definition) is 2. The molecule has 1 aromatic rings. The highest BCUT2D eigenvalue weighted by Crippen LogP contribution is 2.23. The van der Waals surface area contributed by atoms with Gasteiger partial charge in [0.05, 0.1) is 0 Å². The van der Waals surface area contributed by atoms with E-state index in [1.54, 1.807) is 0 Å². The Morgan fingerprint density at radius 2 is 1.81 bits per heavy atom. The zero-order valence-electron chi connectivity index (χ0n) is 9.42. The summed E-state index contributed by atoms with van der Waals surface area (Å²) in [7, 11) is 2.21. The molecule has 0 aliphatic carbocycles. The van der Waals surface area contributed by atoms with Crippen molar-refractivity contribution in [1.29, 1.82) is 0 Å². The van der Waals surface area contributed by atoms with Gasteiger partial charge in [0.15, 0.2) is 0 Å². The number of benzene rings is 1. The third-order valence-electron chi connectivity index (χ3n) is 2.99.